The molecule has 0 radical (unpaired) electrons. The van der Waals surface area contributed by atoms with E-state index in [1.54, 1.807) is 0 Å². The molecule has 0 aromatic heterocycles. The van der Waals surface area contributed by atoms with E-state index >= 15 is 0 Å². The van der Waals surface area contributed by atoms with Crippen molar-refractivity contribution in [3.63, 3.8) is 0 Å². The number of benzene rings is 1. The summed E-state index contributed by atoms with van der Waals surface area (Å²) in [6, 6.07) is 5.97. The van der Waals surface area contributed by atoms with Crippen molar-refractivity contribution in [2.24, 2.45) is 11.3 Å². The van der Waals surface area contributed by atoms with Crippen molar-refractivity contribution in [3.05, 3.63) is 18.2 Å². The summed E-state index contributed by atoms with van der Waals surface area (Å²) < 4.78 is 16.5. The van der Waals surface area contributed by atoms with E-state index < -0.39 is 0 Å². The minimum absolute atomic E-state index is 0.0100. The third kappa shape index (κ3) is 2.38. The number of amides is 2. The molecule has 3 fully saturated rings. The predicted molar refractivity (Wildman–Crippen MR) is 91.9 cm³/mol. The zero-order valence-electron chi connectivity index (χ0n) is 14.3. The van der Waals surface area contributed by atoms with Crippen LogP contribution in [-0.2, 0) is 4.74 Å². The van der Waals surface area contributed by atoms with Crippen LogP contribution < -0.4 is 14.8 Å². The van der Waals surface area contributed by atoms with Gasteiger partial charge in [-0.25, -0.2) is 4.79 Å². The summed E-state index contributed by atoms with van der Waals surface area (Å²) in [7, 11) is 0. The number of nitrogens with zero attached hydrogens (tertiary/aromatic N) is 1. The van der Waals surface area contributed by atoms with Gasteiger partial charge in [0, 0.05) is 25.8 Å². The number of nitrogens with one attached hydrogen (secondary N) is 1. The summed E-state index contributed by atoms with van der Waals surface area (Å²) in [6.07, 6.45) is 5.74. The van der Waals surface area contributed by atoms with Gasteiger partial charge in [0.15, 0.2) is 11.5 Å². The van der Waals surface area contributed by atoms with Crippen molar-refractivity contribution >= 4 is 11.7 Å². The molecular formula is C19H24N2O4. The lowest BCUT2D eigenvalue weighted by atomic mass is 9.71. The highest BCUT2D eigenvalue weighted by Crippen LogP contribution is 2.54. The molecule has 1 N–H and O–H groups in total. The molecule has 0 unspecified atom stereocenters. The molecule has 25 heavy (non-hydrogen) atoms. The van der Waals surface area contributed by atoms with Crippen LogP contribution in [0.15, 0.2) is 18.2 Å². The molecule has 2 amide bonds. The zero-order chi connectivity index (χ0) is 16.9. The first-order valence-electron chi connectivity index (χ1n) is 9.31. The summed E-state index contributed by atoms with van der Waals surface area (Å²) in [5.41, 5.74) is 0.956. The monoisotopic (exact) mass is 344 g/mol. The van der Waals surface area contributed by atoms with Crippen LogP contribution in [0.25, 0.3) is 0 Å². The van der Waals surface area contributed by atoms with E-state index in [1.165, 1.54) is 12.8 Å². The lowest BCUT2D eigenvalue weighted by Gasteiger charge is -2.37. The fraction of sp³-hybridized carbons (Fsp3) is 0.632. The highest BCUT2D eigenvalue weighted by Gasteiger charge is 2.55. The molecule has 1 saturated carbocycles. The first-order chi connectivity index (χ1) is 12.3. The molecule has 134 valence electrons. The van der Waals surface area contributed by atoms with Gasteiger partial charge in [-0.2, -0.15) is 0 Å². The van der Waals surface area contributed by atoms with Gasteiger partial charge >= 0.3 is 6.03 Å². The Hall–Kier alpha value is -1.95. The average molecular weight is 344 g/mol. The predicted octanol–water partition coefficient (Wildman–Crippen LogP) is 3.23. The number of hydrogen-bond acceptors (Lipinski definition) is 4. The van der Waals surface area contributed by atoms with Crippen molar-refractivity contribution in [1.29, 1.82) is 0 Å². The topological polar surface area (TPSA) is 60.0 Å². The second-order valence-corrected chi connectivity index (χ2v) is 7.68. The minimum Gasteiger partial charge on any atom is -0.454 e. The van der Waals surface area contributed by atoms with E-state index in [2.05, 4.69) is 10.2 Å². The quantitative estimate of drug-likeness (QED) is 0.850. The van der Waals surface area contributed by atoms with Gasteiger partial charge in [-0.3, -0.25) is 0 Å². The van der Waals surface area contributed by atoms with Gasteiger partial charge in [0.2, 0.25) is 6.79 Å². The van der Waals surface area contributed by atoms with Gasteiger partial charge in [-0.05, 0) is 49.1 Å². The second-order valence-electron chi connectivity index (χ2n) is 7.68. The number of anilines is 1. The Kier molecular flexibility index (Phi) is 3.55. The third-order valence-electron chi connectivity index (χ3n) is 6.54. The number of likely N-dealkylation sites (tertiary alicyclic amines) is 1. The van der Waals surface area contributed by atoms with Crippen LogP contribution >= 0.6 is 0 Å². The summed E-state index contributed by atoms with van der Waals surface area (Å²) in [5.74, 6) is 1.96. The number of rotatable bonds is 1. The van der Waals surface area contributed by atoms with Gasteiger partial charge in [0.25, 0.3) is 0 Å². The van der Waals surface area contributed by atoms with Gasteiger partial charge in [-0.1, -0.05) is 12.5 Å². The number of carbonyl (C=O) groups excluding carboxylic acids is 1. The molecule has 2 saturated heterocycles. The summed E-state index contributed by atoms with van der Waals surface area (Å²) in [6.45, 7) is 2.72. The molecule has 3 aliphatic heterocycles. The Morgan fingerprint density at radius 1 is 1.20 bits per heavy atom. The van der Waals surface area contributed by atoms with E-state index in [1.807, 2.05) is 18.2 Å². The summed E-state index contributed by atoms with van der Waals surface area (Å²) in [4.78, 5) is 15.2. The zero-order valence-corrected chi connectivity index (χ0v) is 14.3. The Labute approximate surface area is 147 Å². The molecular weight excluding hydrogens is 320 g/mol. The number of fused-ring (bicyclic) bond motifs is 3. The standard InChI is InChI=1S/C19H24N2O4/c22-18(20-14-4-2-6-16-17(14)25-12-24-16)21-11-19(7-9-23-10-8-19)13-3-1-5-15(13)21/h2,4,6,13,15H,1,3,5,7-12H2,(H,20,22)/t13-,15+/m1/s1. The first-order valence-corrected chi connectivity index (χ1v) is 9.31. The Bertz CT molecular complexity index is 686. The molecule has 1 aromatic carbocycles. The summed E-state index contributed by atoms with van der Waals surface area (Å²) >= 11 is 0. The van der Waals surface area contributed by atoms with Crippen molar-refractivity contribution < 1.29 is 19.0 Å². The first kappa shape index (κ1) is 15.3. The SMILES string of the molecule is O=C(Nc1cccc2c1OCO2)N1CC2(CCOCC2)[C@@H]2CCC[C@@H]21. The normalized spacial score (nSPS) is 29.0. The number of para-hydroxylation sites is 1. The van der Waals surface area contributed by atoms with Gasteiger partial charge in [-0.15, -0.1) is 0 Å². The molecule has 5 rings (SSSR count). The molecule has 0 bridgehead atoms. The van der Waals surface area contributed by atoms with Crippen LogP contribution in [0, 0.1) is 11.3 Å². The maximum atomic E-state index is 13.1. The van der Waals surface area contributed by atoms with Crippen LogP contribution in [0.4, 0.5) is 10.5 Å². The second kappa shape index (κ2) is 5.80. The van der Waals surface area contributed by atoms with Gasteiger partial charge < -0.3 is 24.4 Å². The van der Waals surface area contributed by atoms with E-state index in [-0.39, 0.29) is 18.2 Å². The maximum absolute atomic E-state index is 13.1. The van der Waals surface area contributed by atoms with E-state index in [9.17, 15) is 4.79 Å². The Morgan fingerprint density at radius 3 is 2.96 bits per heavy atom. The number of ether oxygens (including phenoxy) is 3. The molecule has 1 aliphatic carbocycles. The van der Waals surface area contributed by atoms with E-state index in [0.717, 1.165) is 39.0 Å². The summed E-state index contributed by atoms with van der Waals surface area (Å²) in [5, 5.41) is 3.07. The number of urea groups is 1. The maximum Gasteiger partial charge on any atom is 0.322 e. The number of hydrogen-bond donors (Lipinski definition) is 1. The lowest BCUT2D eigenvalue weighted by Crippen LogP contribution is -2.40. The van der Waals surface area contributed by atoms with Crippen LogP contribution in [0.1, 0.15) is 32.1 Å². The minimum atomic E-state index is -0.0100. The third-order valence-corrected chi connectivity index (χ3v) is 6.54. The highest BCUT2D eigenvalue weighted by molar-refractivity contribution is 5.92. The molecule has 1 spiro atoms. The van der Waals surface area contributed by atoms with E-state index in [0.29, 0.717) is 29.1 Å². The smallest absolute Gasteiger partial charge is 0.322 e. The van der Waals surface area contributed by atoms with Crippen LogP contribution in [0.5, 0.6) is 11.5 Å². The average Bonchev–Trinajstić information content (AvgIpc) is 3.34. The van der Waals surface area contributed by atoms with Crippen molar-refractivity contribution in [2.75, 3.05) is 31.9 Å². The Balaban J connectivity index is 1.38. The fourth-order valence-electron chi connectivity index (χ4n) is 5.35. The highest BCUT2D eigenvalue weighted by atomic mass is 16.7. The van der Waals surface area contributed by atoms with Crippen LogP contribution in [-0.4, -0.2) is 43.5 Å². The Morgan fingerprint density at radius 2 is 2.08 bits per heavy atom. The largest absolute Gasteiger partial charge is 0.454 e. The van der Waals surface area contributed by atoms with Crippen molar-refractivity contribution in [1.82, 2.24) is 4.90 Å². The van der Waals surface area contributed by atoms with Crippen LogP contribution in [0.2, 0.25) is 0 Å². The van der Waals surface area contributed by atoms with Crippen LogP contribution in [0.3, 0.4) is 0 Å². The van der Waals surface area contributed by atoms with Crippen molar-refractivity contribution in [2.45, 2.75) is 38.1 Å². The van der Waals surface area contributed by atoms with Gasteiger partial charge in [0.05, 0.1) is 5.69 Å². The molecule has 4 aliphatic rings. The number of carbonyl (C=O) groups is 1. The van der Waals surface area contributed by atoms with Crippen molar-refractivity contribution in [3.8, 4) is 11.5 Å². The molecule has 6 nitrogen and oxygen atoms in total. The molecule has 2 atom stereocenters. The van der Waals surface area contributed by atoms with Gasteiger partial charge in [0.1, 0.15) is 0 Å². The molecule has 1 aromatic rings. The lowest BCUT2D eigenvalue weighted by molar-refractivity contribution is -0.000303. The fourth-order valence-corrected chi connectivity index (χ4v) is 5.35. The molecule has 6 heteroatoms. The van der Waals surface area contributed by atoms with E-state index in [4.69, 9.17) is 14.2 Å². The molecule has 3 heterocycles.